The molecule has 0 saturated carbocycles. The van der Waals surface area contributed by atoms with Crippen LogP contribution in [0.4, 0.5) is 0 Å². The van der Waals surface area contributed by atoms with E-state index in [0.717, 1.165) is 6.42 Å². The van der Waals surface area contributed by atoms with Gasteiger partial charge in [0.25, 0.3) is 0 Å². The first-order chi connectivity index (χ1) is 6.74. The maximum Gasteiger partial charge on any atom is 0.00498 e. The Morgan fingerprint density at radius 1 is 1.29 bits per heavy atom. The Morgan fingerprint density at radius 3 is 2.43 bits per heavy atom. The second-order valence-electron chi connectivity index (χ2n) is 3.77. The van der Waals surface area contributed by atoms with Gasteiger partial charge in [-0.3, -0.25) is 0 Å². The first-order valence-electron chi connectivity index (χ1n) is 5.05. The van der Waals surface area contributed by atoms with Gasteiger partial charge < -0.3 is 0 Å². The van der Waals surface area contributed by atoms with E-state index in [2.05, 4.69) is 50.8 Å². The van der Waals surface area contributed by atoms with Crippen molar-refractivity contribution in [2.45, 2.75) is 26.2 Å². The monoisotopic (exact) mass is 186 g/mol. The average Bonchev–Trinajstić information content (AvgIpc) is 2.20. The fourth-order valence-corrected chi connectivity index (χ4v) is 1.43. The molecule has 74 valence electrons. The Morgan fingerprint density at radius 2 is 1.93 bits per heavy atom. The Bertz CT molecular complexity index is 302. The molecule has 0 nitrogen and oxygen atoms in total. The molecular formula is C14H18. The van der Waals surface area contributed by atoms with Gasteiger partial charge in [-0.15, -0.1) is 6.58 Å². The fraction of sp³-hybridized carbons (Fsp3) is 0.286. The molecule has 0 amide bonds. The van der Waals surface area contributed by atoms with Crippen molar-refractivity contribution >= 4 is 0 Å². The Labute approximate surface area is 87.0 Å². The van der Waals surface area contributed by atoms with E-state index in [9.17, 15) is 0 Å². The number of hydrogen-bond acceptors (Lipinski definition) is 0. The molecule has 0 fully saturated rings. The molecular weight excluding hydrogens is 168 g/mol. The minimum atomic E-state index is 0.450. The minimum absolute atomic E-state index is 0.450. The number of allylic oxidation sites excluding steroid dienone is 3. The van der Waals surface area contributed by atoms with Crippen LogP contribution in [0.15, 0.2) is 54.6 Å². The minimum Gasteiger partial charge on any atom is -0.102 e. The maximum absolute atomic E-state index is 3.89. The van der Waals surface area contributed by atoms with Gasteiger partial charge in [0.1, 0.15) is 0 Å². The van der Waals surface area contributed by atoms with Crippen LogP contribution in [0.25, 0.3) is 0 Å². The molecule has 0 aliphatic carbocycles. The Balaban J connectivity index is 2.73. The van der Waals surface area contributed by atoms with Crippen molar-refractivity contribution in [2.24, 2.45) is 0 Å². The van der Waals surface area contributed by atoms with Crippen molar-refractivity contribution in [1.29, 1.82) is 0 Å². The Kier molecular flexibility index (Phi) is 4.18. The van der Waals surface area contributed by atoms with E-state index in [0.29, 0.717) is 5.92 Å². The summed E-state index contributed by atoms with van der Waals surface area (Å²) in [5.74, 6) is 0.450. The van der Waals surface area contributed by atoms with Gasteiger partial charge in [-0.1, -0.05) is 48.1 Å². The summed E-state index contributed by atoms with van der Waals surface area (Å²) in [7, 11) is 0. The highest BCUT2D eigenvalue weighted by atomic mass is 14.1. The van der Waals surface area contributed by atoms with Gasteiger partial charge in [-0.2, -0.15) is 0 Å². The summed E-state index contributed by atoms with van der Waals surface area (Å²) in [6.45, 7) is 8.15. The van der Waals surface area contributed by atoms with E-state index in [1.807, 2.05) is 12.1 Å². The normalized spacial score (nSPS) is 11.9. The first-order valence-corrected chi connectivity index (χ1v) is 5.05. The molecule has 0 saturated heterocycles. The van der Waals surface area contributed by atoms with Crippen molar-refractivity contribution in [2.75, 3.05) is 0 Å². The van der Waals surface area contributed by atoms with Crippen molar-refractivity contribution in [3.8, 4) is 0 Å². The number of rotatable bonds is 4. The van der Waals surface area contributed by atoms with Crippen LogP contribution in [0.1, 0.15) is 31.7 Å². The third-order valence-electron chi connectivity index (χ3n) is 2.29. The third kappa shape index (κ3) is 3.21. The summed E-state index contributed by atoms with van der Waals surface area (Å²) in [6.07, 6.45) is 5.34. The molecule has 0 radical (unpaired) electrons. The van der Waals surface area contributed by atoms with Crippen LogP contribution in [-0.4, -0.2) is 0 Å². The van der Waals surface area contributed by atoms with Gasteiger partial charge in [-0.25, -0.2) is 0 Å². The molecule has 1 aromatic carbocycles. The van der Waals surface area contributed by atoms with Crippen LogP contribution >= 0.6 is 0 Å². The maximum atomic E-state index is 3.89. The predicted octanol–water partition coefficient (Wildman–Crippen LogP) is 4.31. The van der Waals surface area contributed by atoms with Crippen molar-refractivity contribution in [3.05, 3.63) is 60.2 Å². The molecule has 0 bridgehead atoms. The van der Waals surface area contributed by atoms with Crippen molar-refractivity contribution < 1.29 is 0 Å². The van der Waals surface area contributed by atoms with E-state index in [-0.39, 0.29) is 0 Å². The summed E-state index contributed by atoms with van der Waals surface area (Å²) in [6, 6.07) is 10.5. The number of hydrogen-bond donors (Lipinski definition) is 0. The highest BCUT2D eigenvalue weighted by Crippen LogP contribution is 2.21. The quantitative estimate of drug-likeness (QED) is 0.614. The van der Waals surface area contributed by atoms with Gasteiger partial charge in [0.15, 0.2) is 0 Å². The summed E-state index contributed by atoms with van der Waals surface area (Å²) in [4.78, 5) is 0. The average molecular weight is 186 g/mol. The molecule has 0 heteroatoms. The molecule has 0 aliphatic rings. The topological polar surface area (TPSA) is 0 Å². The van der Waals surface area contributed by atoms with E-state index in [4.69, 9.17) is 0 Å². The van der Waals surface area contributed by atoms with Gasteiger partial charge in [0.05, 0.1) is 0 Å². The standard InChI is InChI=1S/C14H18/c1-4-13(11-10-12(2)3)14-8-6-5-7-9-14/h4-10,13H,1,11H2,2-3H3. The van der Waals surface area contributed by atoms with Crippen LogP contribution in [0.2, 0.25) is 0 Å². The summed E-state index contributed by atoms with van der Waals surface area (Å²) in [5.41, 5.74) is 2.72. The second-order valence-corrected chi connectivity index (χ2v) is 3.77. The summed E-state index contributed by atoms with van der Waals surface area (Å²) >= 11 is 0. The van der Waals surface area contributed by atoms with Gasteiger partial charge in [-0.05, 0) is 25.8 Å². The molecule has 1 aromatic rings. The lowest BCUT2D eigenvalue weighted by molar-refractivity contribution is 0.859. The van der Waals surface area contributed by atoms with Crippen molar-refractivity contribution in [3.63, 3.8) is 0 Å². The zero-order valence-electron chi connectivity index (χ0n) is 9.03. The summed E-state index contributed by atoms with van der Waals surface area (Å²) < 4.78 is 0. The van der Waals surface area contributed by atoms with E-state index < -0.39 is 0 Å². The van der Waals surface area contributed by atoms with Crippen LogP contribution in [0.5, 0.6) is 0 Å². The molecule has 14 heavy (non-hydrogen) atoms. The SMILES string of the molecule is C=CC(CC=C(C)C)c1ccccc1. The van der Waals surface area contributed by atoms with Crippen molar-refractivity contribution in [1.82, 2.24) is 0 Å². The fourth-order valence-electron chi connectivity index (χ4n) is 1.43. The van der Waals surface area contributed by atoms with E-state index in [1.54, 1.807) is 0 Å². The van der Waals surface area contributed by atoms with Gasteiger partial charge in [0, 0.05) is 5.92 Å². The largest absolute Gasteiger partial charge is 0.102 e. The zero-order chi connectivity index (χ0) is 10.4. The van der Waals surface area contributed by atoms with Crippen LogP contribution in [0, 0.1) is 0 Å². The predicted molar refractivity (Wildman–Crippen MR) is 63.4 cm³/mol. The van der Waals surface area contributed by atoms with Gasteiger partial charge in [0.2, 0.25) is 0 Å². The first kappa shape index (κ1) is 10.8. The molecule has 0 heterocycles. The highest BCUT2D eigenvalue weighted by Gasteiger charge is 2.03. The summed E-state index contributed by atoms with van der Waals surface area (Å²) in [5, 5.41) is 0. The lowest BCUT2D eigenvalue weighted by atomic mass is 9.95. The zero-order valence-corrected chi connectivity index (χ0v) is 9.03. The third-order valence-corrected chi connectivity index (χ3v) is 2.29. The lowest BCUT2D eigenvalue weighted by Crippen LogP contribution is -1.92. The molecule has 0 aromatic heterocycles. The van der Waals surface area contributed by atoms with Gasteiger partial charge >= 0.3 is 0 Å². The second kappa shape index (κ2) is 5.43. The van der Waals surface area contributed by atoms with Crippen LogP contribution in [0.3, 0.4) is 0 Å². The smallest absolute Gasteiger partial charge is 0.00498 e. The highest BCUT2D eigenvalue weighted by molar-refractivity contribution is 5.24. The lowest BCUT2D eigenvalue weighted by Gasteiger charge is -2.10. The molecule has 1 rings (SSSR count). The molecule has 0 N–H and O–H groups in total. The van der Waals surface area contributed by atoms with Crippen LogP contribution < -0.4 is 0 Å². The molecule has 1 unspecified atom stereocenters. The molecule has 0 spiro atoms. The molecule has 1 atom stereocenters. The Hall–Kier alpha value is -1.30. The van der Waals surface area contributed by atoms with E-state index in [1.165, 1.54) is 11.1 Å². The number of benzene rings is 1. The van der Waals surface area contributed by atoms with E-state index >= 15 is 0 Å². The molecule has 0 aliphatic heterocycles. The van der Waals surface area contributed by atoms with Crippen LogP contribution in [-0.2, 0) is 0 Å².